The fraction of sp³-hybridized carbons (Fsp3) is 0.458. The van der Waals surface area contributed by atoms with Crippen LogP contribution < -0.4 is 19.7 Å². The quantitative estimate of drug-likeness (QED) is 0.518. The van der Waals surface area contributed by atoms with Crippen LogP contribution in [-0.4, -0.2) is 83.3 Å². The van der Waals surface area contributed by atoms with Gasteiger partial charge in [-0.3, -0.25) is 4.99 Å². The highest BCUT2D eigenvalue weighted by Gasteiger charge is 2.21. The van der Waals surface area contributed by atoms with Crippen molar-refractivity contribution in [2.75, 3.05) is 72.5 Å². The second-order valence-electron chi connectivity index (χ2n) is 7.85. The molecule has 0 amide bonds. The van der Waals surface area contributed by atoms with Gasteiger partial charge in [-0.25, -0.2) is 0 Å². The molecule has 3 rings (SSSR count). The molecule has 2 aromatic rings. The van der Waals surface area contributed by atoms with Gasteiger partial charge in [0.05, 0.1) is 12.8 Å². The second kappa shape index (κ2) is 11.5. The van der Waals surface area contributed by atoms with Gasteiger partial charge in [-0.15, -0.1) is 0 Å². The highest BCUT2D eigenvalue weighted by molar-refractivity contribution is 5.80. The average Bonchev–Trinajstić information content (AvgIpc) is 2.80. The molecule has 1 aliphatic heterocycles. The molecule has 0 saturated carbocycles. The number of anilines is 1. The lowest BCUT2D eigenvalue weighted by molar-refractivity contribution is 0.261. The molecule has 31 heavy (non-hydrogen) atoms. The Bertz CT molecular complexity index is 847. The molecule has 0 bridgehead atoms. The van der Waals surface area contributed by atoms with Crippen molar-refractivity contribution in [1.29, 1.82) is 0 Å². The number of hydrogen-bond donors (Lipinski definition) is 1. The fourth-order valence-electron chi connectivity index (χ4n) is 3.65. The van der Waals surface area contributed by atoms with Gasteiger partial charge in [0.25, 0.3) is 0 Å². The van der Waals surface area contributed by atoms with Crippen LogP contribution in [0.15, 0.2) is 53.5 Å². The topological polar surface area (TPSA) is 52.6 Å². The van der Waals surface area contributed by atoms with E-state index in [2.05, 4.69) is 49.3 Å². The number of rotatable bonds is 8. The van der Waals surface area contributed by atoms with Crippen molar-refractivity contribution < 1.29 is 9.47 Å². The van der Waals surface area contributed by atoms with Crippen molar-refractivity contribution in [2.45, 2.75) is 6.54 Å². The summed E-state index contributed by atoms with van der Waals surface area (Å²) in [5, 5.41) is 3.50. The number of nitrogens with one attached hydrogen (secondary N) is 1. The van der Waals surface area contributed by atoms with Gasteiger partial charge in [0.1, 0.15) is 18.1 Å². The molecule has 7 nitrogen and oxygen atoms in total. The van der Waals surface area contributed by atoms with Crippen LogP contribution in [0.5, 0.6) is 11.5 Å². The lowest BCUT2D eigenvalue weighted by Crippen LogP contribution is -2.52. The Balaban J connectivity index is 1.51. The Labute approximate surface area is 186 Å². The molecule has 0 atom stereocenters. The molecule has 0 aromatic heterocycles. The van der Waals surface area contributed by atoms with E-state index in [0.717, 1.165) is 55.9 Å². The normalized spacial score (nSPS) is 14.7. The molecule has 1 heterocycles. The number of ether oxygens (including phenoxy) is 2. The molecule has 1 N–H and O–H groups in total. The molecule has 7 heteroatoms. The predicted molar refractivity (Wildman–Crippen MR) is 127 cm³/mol. The Hall–Kier alpha value is -2.93. The Morgan fingerprint density at radius 1 is 1.06 bits per heavy atom. The van der Waals surface area contributed by atoms with E-state index in [1.54, 1.807) is 7.11 Å². The van der Waals surface area contributed by atoms with Crippen molar-refractivity contribution in [3.05, 3.63) is 54.1 Å². The Morgan fingerprint density at radius 2 is 1.84 bits per heavy atom. The molecule has 168 valence electrons. The number of likely N-dealkylation sites (N-methyl/N-ethyl adjacent to an activating group) is 1. The maximum absolute atomic E-state index is 5.85. The van der Waals surface area contributed by atoms with Crippen molar-refractivity contribution in [2.24, 2.45) is 4.99 Å². The van der Waals surface area contributed by atoms with E-state index in [1.807, 2.05) is 45.4 Å². The lowest BCUT2D eigenvalue weighted by atomic mass is 10.2. The summed E-state index contributed by atoms with van der Waals surface area (Å²) in [6.07, 6.45) is 0. The SMILES string of the molecule is CN=C(NCc1cccc(OCCN(C)C)c1)N1CCN(c2ccccc2OC)CC1. The predicted octanol–water partition coefficient (Wildman–Crippen LogP) is 2.53. The van der Waals surface area contributed by atoms with E-state index in [4.69, 9.17) is 9.47 Å². The molecule has 1 saturated heterocycles. The number of guanidine groups is 1. The van der Waals surface area contributed by atoms with Crippen molar-refractivity contribution in [3.8, 4) is 11.5 Å². The van der Waals surface area contributed by atoms with Crippen molar-refractivity contribution in [3.63, 3.8) is 0 Å². The number of piperazine rings is 1. The number of hydrogen-bond acceptors (Lipinski definition) is 5. The molecular weight excluding hydrogens is 390 g/mol. The van der Waals surface area contributed by atoms with Crippen LogP contribution in [0.2, 0.25) is 0 Å². The van der Waals surface area contributed by atoms with Crippen LogP contribution in [0, 0.1) is 0 Å². The minimum Gasteiger partial charge on any atom is -0.495 e. The molecular formula is C24H35N5O2. The maximum Gasteiger partial charge on any atom is 0.194 e. The number of benzene rings is 2. The first-order valence-corrected chi connectivity index (χ1v) is 10.8. The molecule has 0 aliphatic carbocycles. The minimum atomic E-state index is 0.683. The second-order valence-corrected chi connectivity index (χ2v) is 7.85. The molecule has 0 radical (unpaired) electrons. The monoisotopic (exact) mass is 425 g/mol. The number of methoxy groups -OCH3 is 1. The Kier molecular flexibility index (Phi) is 8.41. The van der Waals surface area contributed by atoms with Crippen LogP contribution in [-0.2, 0) is 6.54 Å². The maximum atomic E-state index is 5.85. The summed E-state index contributed by atoms with van der Waals surface area (Å²) in [7, 11) is 7.66. The standard InChI is InChI=1S/C24H35N5O2/c1-25-24(26-19-20-8-7-9-21(18-20)31-17-16-27(2)3)29-14-12-28(13-15-29)22-10-5-6-11-23(22)30-4/h5-11,18H,12-17,19H2,1-4H3,(H,25,26). The van der Waals surface area contributed by atoms with E-state index >= 15 is 0 Å². The fourth-order valence-corrected chi connectivity index (χ4v) is 3.65. The number of aliphatic imine (C=N–C) groups is 1. The smallest absolute Gasteiger partial charge is 0.194 e. The van der Waals surface area contributed by atoms with Crippen molar-refractivity contribution >= 4 is 11.6 Å². The van der Waals surface area contributed by atoms with E-state index < -0.39 is 0 Å². The van der Waals surface area contributed by atoms with Gasteiger partial charge in [0.2, 0.25) is 0 Å². The number of nitrogens with zero attached hydrogens (tertiary/aromatic N) is 4. The summed E-state index contributed by atoms with van der Waals surface area (Å²) in [5.74, 6) is 2.76. The van der Waals surface area contributed by atoms with E-state index in [-0.39, 0.29) is 0 Å². The van der Waals surface area contributed by atoms with E-state index in [0.29, 0.717) is 13.2 Å². The van der Waals surface area contributed by atoms with Gasteiger partial charge in [0.15, 0.2) is 5.96 Å². The first-order valence-electron chi connectivity index (χ1n) is 10.8. The van der Waals surface area contributed by atoms with Crippen LogP contribution in [0.4, 0.5) is 5.69 Å². The summed E-state index contributed by atoms with van der Waals surface area (Å²) in [6, 6.07) is 16.4. The zero-order chi connectivity index (χ0) is 22.1. The highest BCUT2D eigenvalue weighted by atomic mass is 16.5. The van der Waals surface area contributed by atoms with Crippen LogP contribution >= 0.6 is 0 Å². The third kappa shape index (κ3) is 6.52. The van der Waals surface area contributed by atoms with E-state index in [9.17, 15) is 0 Å². The van der Waals surface area contributed by atoms with Gasteiger partial charge >= 0.3 is 0 Å². The molecule has 0 spiro atoms. The number of para-hydroxylation sites is 2. The third-order valence-electron chi connectivity index (χ3n) is 5.37. The van der Waals surface area contributed by atoms with Crippen LogP contribution in [0.3, 0.4) is 0 Å². The third-order valence-corrected chi connectivity index (χ3v) is 5.37. The lowest BCUT2D eigenvalue weighted by Gasteiger charge is -2.38. The van der Waals surface area contributed by atoms with Gasteiger partial charge in [-0.2, -0.15) is 0 Å². The molecule has 1 aliphatic rings. The summed E-state index contributed by atoms with van der Waals surface area (Å²) >= 11 is 0. The zero-order valence-corrected chi connectivity index (χ0v) is 19.2. The average molecular weight is 426 g/mol. The molecule has 0 unspecified atom stereocenters. The summed E-state index contributed by atoms with van der Waals surface area (Å²) in [6.45, 7) is 5.96. The van der Waals surface area contributed by atoms with Crippen molar-refractivity contribution in [1.82, 2.24) is 15.1 Å². The first kappa shape index (κ1) is 22.7. The summed E-state index contributed by atoms with van der Waals surface area (Å²) in [5.41, 5.74) is 2.33. The highest BCUT2D eigenvalue weighted by Crippen LogP contribution is 2.28. The first-order chi connectivity index (χ1) is 15.1. The van der Waals surface area contributed by atoms with Gasteiger partial charge in [0, 0.05) is 46.3 Å². The largest absolute Gasteiger partial charge is 0.495 e. The van der Waals surface area contributed by atoms with Gasteiger partial charge in [-0.1, -0.05) is 24.3 Å². The molecule has 1 fully saturated rings. The van der Waals surface area contributed by atoms with E-state index in [1.165, 1.54) is 5.56 Å². The minimum absolute atomic E-state index is 0.683. The Morgan fingerprint density at radius 3 is 2.55 bits per heavy atom. The zero-order valence-electron chi connectivity index (χ0n) is 19.2. The summed E-state index contributed by atoms with van der Waals surface area (Å²) < 4.78 is 11.4. The van der Waals surface area contributed by atoms with Gasteiger partial charge in [-0.05, 0) is 43.9 Å². The van der Waals surface area contributed by atoms with Crippen LogP contribution in [0.25, 0.3) is 0 Å². The summed E-state index contributed by atoms with van der Waals surface area (Å²) in [4.78, 5) is 11.3. The van der Waals surface area contributed by atoms with Crippen LogP contribution in [0.1, 0.15) is 5.56 Å². The molecule has 2 aromatic carbocycles. The van der Waals surface area contributed by atoms with Gasteiger partial charge < -0.3 is 29.5 Å².